The molecule has 3 aliphatic heterocycles. The zero-order chi connectivity index (χ0) is 68.6. The third kappa shape index (κ3) is 11.8. The number of hydrogen-bond donors (Lipinski definition) is 3. The molecule has 0 bridgehead atoms. The summed E-state index contributed by atoms with van der Waals surface area (Å²) in [6.07, 6.45) is 5.53. The van der Waals surface area contributed by atoms with E-state index in [4.69, 9.17) is 11.6 Å². The van der Waals surface area contributed by atoms with Gasteiger partial charge in [0.1, 0.15) is 29.1 Å². The quantitative estimate of drug-likeness (QED) is 0.103. The number of carboxylic acids is 3. The van der Waals surface area contributed by atoms with Gasteiger partial charge in [0.2, 0.25) is 0 Å². The van der Waals surface area contributed by atoms with Gasteiger partial charge in [-0.3, -0.25) is 15.0 Å². The monoisotopic (exact) mass is 1320 g/mol. The van der Waals surface area contributed by atoms with E-state index in [0.29, 0.717) is 52.5 Å². The Bertz CT molecular complexity index is 5110. The van der Waals surface area contributed by atoms with Crippen molar-refractivity contribution in [2.75, 3.05) is 0 Å². The summed E-state index contributed by atoms with van der Waals surface area (Å²) >= 11 is 6.63. The van der Waals surface area contributed by atoms with Crippen LogP contribution in [0, 0.1) is 36.0 Å². The number of benzene rings is 9. The summed E-state index contributed by atoms with van der Waals surface area (Å²) in [5, 5.41) is 31.1. The molecule has 0 atom stereocenters. The van der Waals surface area contributed by atoms with Gasteiger partial charge in [-0.05, 0) is 215 Å². The van der Waals surface area contributed by atoms with Crippen LogP contribution in [0.2, 0.25) is 5.02 Å². The Morgan fingerprint density at radius 2 is 0.732 bits per heavy atom. The first-order valence-corrected chi connectivity index (χ1v) is 31.8. The van der Waals surface area contributed by atoms with Crippen molar-refractivity contribution in [3.05, 3.63) is 265 Å². The number of rotatable bonds is 12. The fourth-order valence-electron chi connectivity index (χ4n) is 13.7. The van der Waals surface area contributed by atoms with E-state index in [1.807, 2.05) is 56.0 Å². The molecular formula is C79H62ClF5N6O6. The average molecular weight is 1320 g/mol. The van der Waals surface area contributed by atoms with E-state index in [1.54, 1.807) is 66.9 Å². The maximum absolute atomic E-state index is 15.3. The lowest BCUT2D eigenvalue weighted by Gasteiger charge is -2.17. The molecule has 12 aromatic rings. The molecule has 0 radical (unpaired) electrons. The van der Waals surface area contributed by atoms with Crippen molar-refractivity contribution in [1.82, 2.24) is 13.7 Å². The van der Waals surface area contributed by atoms with Gasteiger partial charge in [0, 0.05) is 96.2 Å². The molecule has 6 heterocycles. The van der Waals surface area contributed by atoms with Crippen molar-refractivity contribution in [1.29, 1.82) is 0 Å². The second kappa shape index (κ2) is 25.6. The third-order valence-electron chi connectivity index (χ3n) is 17.9. The highest BCUT2D eigenvalue weighted by atomic mass is 35.5. The topological polar surface area (TPSA) is 164 Å². The van der Waals surface area contributed by atoms with Gasteiger partial charge in [0.25, 0.3) is 0 Å². The average Bonchev–Trinajstić information content (AvgIpc) is 1.58. The molecule has 0 fully saturated rings. The minimum atomic E-state index is -1.41. The summed E-state index contributed by atoms with van der Waals surface area (Å²) in [7, 11) is 0. The molecule has 0 spiro atoms. The normalized spacial score (nSPS) is 12.7. The molecule has 9 aromatic carbocycles. The number of hydrogen-bond acceptors (Lipinski definition) is 6. The molecule has 0 aliphatic carbocycles. The lowest BCUT2D eigenvalue weighted by molar-refractivity contribution is 0.0685. The van der Waals surface area contributed by atoms with E-state index in [9.17, 15) is 42.9 Å². The van der Waals surface area contributed by atoms with Crippen LogP contribution in [-0.2, 0) is 19.6 Å². The summed E-state index contributed by atoms with van der Waals surface area (Å²) < 4.78 is 77.8. The highest BCUT2D eigenvalue weighted by Crippen LogP contribution is 2.48. The Kier molecular flexibility index (Phi) is 17.1. The summed E-state index contributed by atoms with van der Waals surface area (Å²) in [5.74, 6) is -6.12. The van der Waals surface area contributed by atoms with Crippen LogP contribution in [0.3, 0.4) is 0 Å². The van der Waals surface area contributed by atoms with Crippen LogP contribution in [0.15, 0.2) is 173 Å². The Balaban J connectivity index is 0.000000131. The van der Waals surface area contributed by atoms with Gasteiger partial charge < -0.3 is 29.0 Å². The van der Waals surface area contributed by atoms with Crippen LogP contribution in [0.4, 0.5) is 22.0 Å². The van der Waals surface area contributed by atoms with E-state index >= 15 is 8.78 Å². The van der Waals surface area contributed by atoms with E-state index in [0.717, 1.165) is 112 Å². The maximum atomic E-state index is 15.3. The Morgan fingerprint density at radius 3 is 1.07 bits per heavy atom. The van der Waals surface area contributed by atoms with Crippen molar-refractivity contribution < 1.29 is 51.7 Å². The first kappa shape index (κ1) is 64.7. The van der Waals surface area contributed by atoms with Crippen molar-refractivity contribution in [2.24, 2.45) is 15.0 Å². The Hall–Kier alpha value is -11.0. The highest BCUT2D eigenvalue weighted by molar-refractivity contribution is 6.34. The lowest BCUT2D eigenvalue weighted by atomic mass is 9.92. The second-order valence-corrected chi connectivity index (χ2v) is 25.7. The molecule has 0 amide bonds. The summed E-state index contributed by atoms with van der Waals surface area (Å²) in [5.41, 5.74) is 18.9. The lowest BCUT2D eigenvalue weighted by Crippen LogP contribution is -2.05. The Labute approximate surface area is 559 Å². The first-order chi connectivity index (χ1) is 46.4. The van der Waals surface area contributed by atoms with Gasteiger partial charge in [0.05, 0.1) is 58.4 Å². The molecule has 15 rings (SSSR count). The standard InChI is InChI=1S/C27H23FN2O2.C26H20ClFN2O2.C26H19F3N2O2/c1-15(2)26-25(22-9-4-17(27(31)32)10-16(22)3)23-11-18-13-29-14-19(18)12-24(23)30(26)21-7-5-20(28)6-8-21;1-14(2)25-24(20-8-3-15(26(31)32)10-22(20)27)21-9-16-12-29-13-17(16)11-23(21)30(25)19-6-4-18(28)5-7-19;1-13(2)25-23(24-20(28)8-14(26(32)33)9-21(24)29)19-7-15-11-30-12-16(15)10-22(19)31(25)18-5-3-17(27)4-6-18/h4-12,14-15H,13H2,1-3H3,(H,31,32);3-11,13-14H,12H2,1-2H3,(H,31,32);3-10,12-13H,11H2,1-2H3,(H,32,33). The van der Waals surface area contributed by atoms with Crippen molar-refractivity contribution >= 4 is 80.9 Å². The summed E-state index contributed by atoms with van der Waals surface area (Å²) in [6, 6.07) is 43.1. The SMILES string of the molecule is CC(C)c1c(-c2c(F)cc(C(=O)O)cc2F)c2cc3c(cc2n1-c1ccc(F)cc1)C=NC3.CC(C)c1c(-c2ccc(C(=O)O)cc2Cl)c2cc3c(cc2n1-c1ccc(F)cc1)C=NC3.Cc1cc(C(=O)O)ccc1-c1c(C(C)C)n(-c2ccc(F)cc2)c2cc3c(cc12)CN=C3. The molecule has 12 nitrogen and oxygen atoms in total. The predicted molar refractivity (Wildman–Crippen MR) is 373 cm³/mol. The van der Waals surface area contributed by atoms with E-state index in [-0.39, 0.29) is 46.1 Å². The van der Waals surface area contributed by atoms with Crippen LogP contribution in [0.5, 0.6) is 0 Å². The van der Waals surface area contributed by atoms with Gasteiger partial charge in [-0.15, -0.1) is 0 Å². The molecule has 97 heavy (non-hydrogen) atoms. The number of carboxylic acid groups (broad SMARTS) is 3. The van der Waals surface area contributed by atoms with Gasteiger partial charge in [-0.2, -0.15) is 0 Å². The van der Waals surface area contributed by atoms with E-state index in [2.05, 4.69) is 76.1 Å². The van der Waals surface area contributed by atoms with Crippen LogP contribution >= 0.6 is 11.6 Å². The minimum Gasteiger partial charge on any atom is -0.478 e. The van der Waals surface area contributed by atoms with Crippen LogP contribution in [0.1, 0.15) is 146 Å². The van der Waals surface area contributed by atoms with Gasteiger partial charge in [-0.1, -0.05) is 65.3 Å². The minimum absolute atomic E-state index is 0.112. The molecule has 0 unspecified atom stereocenters. The maximum Gasteiger partial charge on any atom is 0.335 e. The molecule has 3 aliphatic rings. The Morgan fingerprint density at radius 1 is 0.402 bits per heavy atom. The molecular weight excluding hydrogens is 1260 g/mol. The van der Waals surface area contributed by atoms with Crippen LogP contribution in [-0.4, -0.2) is 65.6 Å². The molecule has 0 saturated heterocycles. The number of aryl methyl sites for hydroxylation is 1. The molecule has 3 N–H and O–H groups in total. The molecule has 3 aromatic heterocycles. The summed E-state index contributed by atoms with van der Waals surface area (Å²) in [4.78, 5) is 47.3. The largest absolute Gasteiger partial charge is 0.478 e. The smallest absolute Gasteiger partial charge is 0.335 e. The summed E-state index contributed by atoms with van der Waals surface area (Å²) in [6.45, 7) is 16.0. The predicted octanol–water partition coefficient (Wildman–Crippen LogP) is 19.8. The van der Waals surface area contributed by atoms with E-state index in [1.165, 1.54) is 48.0 Å². The number of aromatic nitrogens is 3. The first-order valence-electron chi connectivity index (χ1n) is 31.5. The van der Waals surface area contributed by atoms with E-state index < -0.39 is 40.9 Å². The van der Waals surface area contributed by atoms with Crippen molar-refractivity contribution in [2.45, 2.75) is 85.9 Å². The number of nitrogens with zero attached hydrogens (tertiary/aromatic N) is 6. The number of carbonyl (C=O) groups is 3. The van der Waals surface area contributed by atoms with Crippen molar-refractivity contribution in [3.63, 3.8) is 0 Å². The highest BCUT2D eigenvalue weighted by Gasteiger charge is 2.31. The fourth-order valence-corrected chi connectivity index (χ4v) is 14.0. The molecule has 0 saturated carbocycles. The molecule has 486 valence electrons. The zero-order valence-electron chi connectivity index (χ0n) is 53.6. The van der Waals surface area contributed by atoms with Gasteiger partial charge in [0.15, 0.2) is 0 Å². The van der Waals surface area contributed by atoms with Crippen LogP contribution in [0.25, 0.3) is 83.2 Å². The number of aliphatic imine (C=N–C) groups is 3. The van der Waals surface area contributed by atoms with Crippen molar-refractivity contribution in [3.8, 4) is 50.4 Å². The van der Waals surface area contributed by atoms with Gasteiger partial charge in [-0.25, -0.2) is 36.3 Å². The number of aromatic carboxylic acids is 3. The number of halogens is 6. The van der Waals surface area contributed by atoms with Crippen LogP contribution < -0.4 is 0 Å². The van der Waals surface area contributed by atoms with Gasteiger partial charge >= 0.3 is 17.9 Å². The zero-order valence-corrected chi connectivity index (χ0v) is 54.4. The second-order valence-electron chi connectivity index (χ2n) is 25.2. The molecule has 18 heteroatoms. The third-order valence-corrected chi connectivity index (χ3v) is 18.2. The number of fused-ring (bicyclic) bond motifs is 6. The fraction of sp³-hybridized carbons (Fsp3) is 0.165.